The van der Waals surface area contributed by atoms with Crippen molar-refractivity contribution >= 4 is 50.2 Å². The van der Waals surface area contributed by atoms with Gasteiger partial charge in [-0.15, -0.1) is 11.3 Å². The fraction of sp³-hybridized carbons (Fsp3) is 0.188. The molecule has 3 atom stereocenters. The summed E-state index contributed by atoms with van der Waals surface area (Å²) >= 11 is 7.83. The average Bonchev–Trinajstić information content (AvgIpc) is 3.86. The molecular formula is C32H26ClF3N8O3S2. The lowest BCUT2D eigenvalue weighted by atomic mass is 9.92. The van der Waals surface area contributed by atoms with E-state index in [1.807, 2.05) is 0 Å². The van der Waals surface area contributed by atoms with Crippen LogP contribution >= 0.6 is 22.9 Å². The van der Waals surface area contributed by atoms with Crippen LogP contribution in [0.1, 0.15) is 52.6 Å². The second-order valence-electron chi connectivity index (χ2n) is 11.2. The van der Waals surface area contributed by atoms with Gasteiger partial charge < -0.3 is 10.0 Å². The van der Waals surface area contributed by atoms with E-state index in [0.29, 0.717) is 43.6 Å². The number of amidine groups is 1. The van der Waals surface area contributed by atoms with Crippen molar-refractivity contribution in [2.24, 2.45) is 4.99 Å². The third-order valence-electron chi connectivity index (χ3n) is 7.99. The molecule has 7 rings (SSSR count). The molecule has 1 saturated heterocycles. The zero-order valence-electron chi connectivity index (χ0n) is 25.2. The largest absolute Gasteiger partial charge is 0.382 e. The van der Waals surface area contributed by atoms with E-state index in [0.717, 1.165) is 12.3 Å². The van der Waals surface area contributed by atoms with E-state index in [1.165, 1.54) is 41.7 Å². The van der Waals surface area contributed by atoms with E-state index in [2.05, 4.69) is 24.5 Å². The summed E-state index contributed by atoms with van der Waals surface area (Å²) in [5, 5.41) is 17.1. The fourth-order valence-corrected chi connectivity index (χ4v) is 7.89. The highest BCUT2D eigenvalue weighted by Crippen LogP contribution is 2.46. The van der Waals surface area contributed by atoms with Crippen LogP contribution in [0.2, 0.25) is 5.02 Å². The molecule has 5 aromatic rings. The summed E-state index contributed by atoms with van der Waals surface area (Å²) in [6.45, 7) is -2.77. The van der Waals surface area contributed by atoms with Crippen molar-refractivity contribution in [1.82, 2.24) is 29.4 Å². The maximum absolute atomic E-state index is 14.1. The molecule has 0 bridgehead atoms. The zero-order valence-corrected chi connectivity index (χ0v) is 27.5. The minimum atomic E-state index is -4.14. The summed E-state index contributed by atoms with van der Waals surface area (Å²) in [6, 6.07) is 15.1. The molecule has 2 aliphatic heterocycles. The summed E-state index contributed by atoms with van der Waals surface area (Å²) in [7, 11) is -4.14. The molecule has 2 aromatic carbocycles. The van der Waals surface area contributed by atoms with Gasteiger partial charge in [0.2, 0.25) is 0 Å². The molecule has 3 aromatic heterocycles. The Morgan fingerprint density at radius 2 is 1.86 bits per heavy atom. The predicted octanol–water partition coefficient (Wildman–Crippen LogP) is 5.94. The third-order valence-corrected chi connectivity index (χ3v) is 10.2. The lowest BCUT2D eigenvalue weighted by Crippen LogP contribution is -2.41. The van der Waals surface area contributed by atoms with Crippen molar-refractivity contribution in [2.75, 3.05) is 11.3 Å². The quantitative estimate of drug-likeness (QED) is 0.162. The number of aliphatic hydroxyl groups excluding tert-OH is 1. The van der Waals surface area contributed by atoms with Gasteiger partial charge in [-0.05, 0) is 48.0 Å². The first-order valence-electron chi connectivity index (χ1n) is 14.8. The first-order chi connectivity index (χ1) is 23.6. The number of pyridine rings is 1. The number of hydrogen-bond donors (Lipinski definition) is 3. The molecule has 17 heteroatoms. The first kappa shape index (κ1) is 32.9. The first-order valence-corrected chi connectivity index (χ1v) is 17.6. The van der Waals surface area contributed by atoms with Gasteiger partial charge in [0.25, 0.3) is 10.2 Å². The van der Waals surface area contributed by atoms with E-state index in [1.54, 1.807) is 53.0 Å². The van der Waals surface area contributed by atoms with Gasteiger partial charge in [-0.3, -0.25) is 14.7 Å². The molecule has 0 aliphatic carbocycles. The SMILES string of the molecule is O=S(=O)(Nc1ccc(C(O)c2ccccn2)cc1)N[C@H]1CC2=C(c3ccn(C(F)F)n3)[C@H](c3ccc(F)cc3Cl)N=C(c3nccs3)N2C1. The summed E-state index contributed by atoms with van der Waals surface area (Å²) in [6.07, 6.45) is 3.46. The minimum Gasteiger partial charge on any atom is -0.382 e. The summed E-state index contributed by atoms with van der Waals surface area (Å²) in [4.78, 5) is 15.3. The van der Waals surface area contributed by atoms with Crippen molar-refractivity contribution in [1.29, 1.82) is 0 Å². The Morgan fingerprint density at radius 1 is 1.04 bits per heavy atom. The van der Waals surface area contributed by atoms with Crippen molar-refractivity contribution in [3.05, 3.63) is 135 Å². The molecule has 0 saturated carbocycles. The van der Waals surface area contributed by atoms with Gasteiger partial charge in [-0.25, -0.2) is 14.1 Å². The van der Waals surface area contributed by atoms with Crippen LogP contribution in [0.5, 0.6) is 0 Å². The molecule has 252 valence electrons. The Morgan fingerprint density at radius 3 is 2.53 bits per heavy atom. The number of rotatable bonds is 10. The Labute approximate surface area is 287 Å². The number of benzene rings is 2. The smallest absolute Gasteiger partial charge is 0.333 e. The van der Waals surface area contributed by atoms with E-state index < -0.39 is 40.8 Å². The van der Waals surface area contributed by atoms with Crippen LogP contribution in [0.15, 0.2) is 101 Å². The van der Waals surface area contributed by atoms with Crippen LogP contribution in [-0.4, -0.2) is 56.6 Å². The van der Waals surface area contributed by atoms with Crippen molar-refractivity contribution in [2.45, 2.75) is 31.2 Å². The molecular weight excluding hydrogens is 701 g/mol. The summed E-state index contributed by atoms with van der Waals surface area (Å²) < 4.78 is 73.9. The highest BCUT2D eigenvalue weighted by atomic mass is 35.5. The van der Waals surface area contributed by atoms with Crippen LogP contribution in [0.3, 0.4) is 0 Å². The second kappa shape index (κ2) is 13.4. The number of aromatic nitrogens is 4. The molecule has 1 unspecified atom stereocenters. The molecule has 49 heavy (non-hydrogen) atoms. The van der Waals surface area contributed by atoms with E-state index in [4.69, 9.17) is 16.6 Å². The van der Waals surface area contributed by atoms with Gasteiger partial charge in [0.15, 0.2) is 10.8 Å². The van der Waals surface area contributed by atoms with E-state index >= 15 is 0 Å². The van der Waals surface area contributed by atoms with Crippen molar-refractivity contribution < 1.29 is 26.7 Å². The van der Waals surface area contributed by atoms with Gasteiger partial charge in [-0.2, -0.15) is 27.0 Å². The number of hydrogen-bond acceptors (Lipinski definition) is 9. The summed E-state index contributed by atoms with van der Waals surface area (Å²) in [5.74, 6) is -0.141. The number of fused-ring (bicyclic) bond motifs is 1. The Bertz CT molecular complexity index is 2150. The highest BCUT2D eigenvalue weighted by molar-refractivity contribution is 7.90. The van der Waals surface area contributed by atoms with Crippen molar-refractivity contribution in [3.63, 3.8) is 0 Å². The Balaban J connectivity index is 1.20. The number of anilines is 1. The van der Waals surface area contributed by atoms with Gasteiger partial charge in [-0.1, -0.05) is 35.9 Å². The minimum absolute atomic E-state index is 0.0742. The molecule has 11 nitrogen and oxygen atoms in total. The molecule has 0 spiro atoms. The number of thiazole rings is 1. The van der Waals surface area contributed by atoms with Crippen LogP contribution in [0.25, 0.3) is 5.57 Å². The number of nitrogens with one attached hydrogen (secondary N) is 2. The fourth-order valence-electron chi connectivity index (χ4n) is 5.88. The number of aliphatic hydroxyl groups is 1. The predicted molar refractivity (Wildman–Crippen MR) is 179 cm³/mol. The highest BCUT2D eigenvalue weighted by Gasteiger charge is 2.42. The molecule has 5 heterocycles. The average molecular weight is 727 g/mol. The van der Waals surface area contributed by atoms with Crippen molar-refractivity contribution in [3.8, 4) is 0 Å². The van der Waals surface area contributed by atoms with Crippen LogP contribution < -0.4 is 9.44 Å². The van der Waals surface area contributed by atoms with E-state index in [9.17, 15) is 26.7 Å². The molecule has 3 N–H and O–H groups in total. The monoisotopic (exact) mass is 726 g/mol. The molecule has 0 amide bonds. The number of aliphatic imine (C=N–C) groups is 1. The molecule has 0 radical (unpaired) electrons. The van der Waals surface area contributed by atoms with Gasteiger partial charge in [0.05, 0.1) is 11.4 Å². The number of alkyl halides is 2. The lowest BCUT2D eigenvalue weighted by Gasteiger charge is -2.32. The van der Waals surface area contributed by atoms with Gasteiger partial charge >= 0.3 is 6.55 Å². The number of nitrogens with zero attached hydrogens (tertiary/aromatic N) is 6. The number of halogens is 4. The second-order valence-corrected chi connectivity index (χ2v) is 13.9. The maximum Gasteiger partial charge on any atom is 0.333 e. The van der Waals surface area contributed by atoms with Gasteiger partial charge in [0, 0.05) is 70.5 Å². The molecule has 2 aliphatic rings. The normalized spacial score (nSPS) is 18.5. The van der Waals surface area contributed by atoms with Crippen LogP contribution in [0, 0.1) is 5.82 Å². The standard InChI is InChI=1S/C32H26ClF3N8O3S2/c33-23-15-19(34)6-9-22(23)28-27(24-10-13-44(40-24)32(35)36)26-16-21(17-43(26)30(39-28)31-38-12-14-48-31)42-49(46,47)41-20-7-4-18(5-8-20)29(45)25-3-1-2-11-37-25/h1-15,21,28-29,32,41-42,45H,16-17H2/t21-,28-,29?/m0/s1. The van der Waals surface area contributed by atoms with E-state index in [-0.39, 0.29) is 29.4 Å². The molecule has 1 fully saturated rings. The summed E-state index contributed by atoms with van der Waals surface area (Å²) in [5.41, 5.74) is 2.83. The Hall–Kier alpha value is -4.61. The lowest BCUT2D eigenvalue weighted by molar-refractivity contribution is 0.0564. The van der Waals surface area contributed by atoms with Crippen LogP contribution in [-0.2, 0) is 10.2 Å². The maximum atomic E-state index is 14.1. The van der Waals surface area contributed by atoms with Crippen LogP contribution in [0.4, 0.5) is 18.9 Å². The third kappa shape index (κ3) is 6.82. The zero-order chi connectivity index (χ0) is 34.3. The topological polar surface area (TPSA) is 138 Å². The Kier molecular flexibility index (Phi) is 8.97. The van der Waals surface area contributed by atoms with Gasteiger partial charge in [0.1, 0.15) is 18.0 Å².